The Hall–Kier alpha value is -1.88. The summed E-state index contributed by atoms with van der Waals surface area (Å²) in [5.41, 5.74) is -0.561. The maximum atomic E-state index is 10.3. The van der Waals surface area contributed by atoms with Gasteiger partial charge in [-0.05, 0) is 12.5 Å². The van der Waals surface area contributed by atoms with E-state index in [0.717, 1.165) is 6.21 Å². The molecule has 0 saturated carbocycles. The maximum absolute atomic E-state index is 10.3. The predicted molar refractivity (Wildman–Crippen MR) is 60.1 cm³/mol. The molecule has 0 heterocycles. The van der Waals surface area contributed by atoms with E-state index in [1.807, 2.05) is 6.07 Å². The van der Waals surface area contributed by atoms with Gasteiger partial charge < -0.3 is 15.5 Å². The summed E-state index contributed by atoms with van der Waals surface area (Å²) >= 11 is 0. The van der Waals surface area contributed by atoms with Gasteiger partial charge in [-0.3, -0.25) is 0 Å². The third kappa shape index (κ3) is 2.80. The first-order valence-electron chi connectivity index (χ1n) is 4.76. The van der Waals surface area contributed by atoms with Crippen molar-refractivity contribution in [2.24, 2.45) is 10.3 Å². The molecule has 5 heteroatoms. The normalized spacial score (nSPS) is 16.2. The molecule has 0 fully saturated rings. The average Bonchev–Trinajstić information content (AvgIpc) is 2.30. The Labute approximate surface area is 93.3 Å². The van der Waals surface area contributed by atoms with Crippen LogP contribution in [0.4, 0.5) is 0 Å². The van der Waals surface area contributed by atoms with Gasteiger partial charge >= 0.3 is 0 Å². The van der Waals surface area contributed by atoms with Crippen LogP contribution in [0, 0.1) is 0 Å². The standard InChI is InChI=1S/C11H14N2O3/c1-9(13-16)7-11(14,8-12-15)10-5-3-2-4-6-10/h2-6,8,14-16H,7H2,1H3/b12-8-,13-9-/t11-/m1/s1. The molecule has 0 amide bonds. The number of benzene rings is 1. The lowest BCUT2D eigenvalue weighted by Crippen LogP contribution is -2.30. The number of hydrogen-bond donors (Lipinski definition) is 3. The molecular formula is C11H14N2O3. The van der Waals surface area contributed by atoms with E-state index in [1.165, 1.54) is 0 Å². The molecule has 0 bridgehead atoms. The monoisotopic (exact) mass is 222 g/mol. The quantitative estimate of drug-likeness (QED) is 0.410. The van der Waals surface area contributed by atoms with E-state index < -0.39 is 5.60 Å². The van der Waals surface area contributed by atoms with E-state index in [0.29, 0.717) is 11.3 Å². The van der Waals surface area contributed by atoms with E-state index in [9.17, 15) is 5.11 Å². The SMILES string of the molecule is C/C(C[C@@](O)(/C=N\O)c1ccccc1)=N/O. The van der Waals surface area contributed by atoms with Crippen molar-refractivity contribution in [3.8, 4) is 0 Å². The second-order valence-corrected chi connectivity index (χ2v) is 3.55. The van der Waals surface area contributed by atoms with E-state index in [-0.39, 0.29) is 6.42 Å². The molecule has 1 atom stereocenters. The number of oxime groups is 2. The van der Waals surface area contributed by atoms with Crippen molar-refractivity contribution in [2.75, 3.05) is 0 Å². The van der Waals surface area contributed by atoms with Crippen molar-refractivity contribution in [3.05, 3.63) is 35.9 Å². The summed E-state index contributed by atoms with van der Waals surface area (Å²) in [5.74, 6) is 0. The highest BCUT2D eigenvalue weighted by molar-refractivity contribution is 5.87. The Bertz CT molecular complexity index is 389. The minimum atomic E-state index is -1.47. The maximum Gasteiger partial charge on any atom is 0.133 e. The van der Waals surface area contributed by atoms with Crippen LogP contribution in [0.25, 0.3) is 0 Å². The van der Waals surface area contributed by atoms with Crippen molar-refractivity contribution in [2.45, 2.75) is 18.9 Å². The molecule has 0 aliphatic carbocycles. The molecule has 0 aliphatic heterocycles. The number of aliphatic hydroxyl groups is 1. The van der Waals surface area contributed by atoms with Gasteiger partial charge in [0.05, 0.1) is 11.9 Å². The smallest absolute Gasteiger partial charge is 0.133 e. The second-order valence-electron chi connectivity index (χ2n) is 3.55. The summed E-state index contributed by atoms with van der Waals surface area (Å²) in [6.45, 7) is 1.57. The summed E-state index contributed by atoms with van der Waals surface area (Å²) in [5, 5.41) is 33.3. The predicted octanol–water partition coefficient (Wildman–Crippen LogP) is 1.57. The first kappa shape index (κ1) is 12.2. The first-order valence-corrected chi connectivity index (χ1v) is 4.76. The first-order chi connectivity index (χ1) is 7.62. The molecule has 1 aromatic rings. The summed E-state index contributed by atoms with van der Waals surface area (Å²) in [6.07, 6.45) is 1.06. The number of hydrogen-bond acceptors (Lipinski definition) is 5. The fourth-order valence-corrected chi connectivity index (χ4v) is 1.47. The van der Waals surface area contributed by atoms with Crippen molar-refractivity contribution in [3.63, 3.8) is 0 Å². The van der Waals surface area contributed by atoms with Gasteiger partial charge in [0.1, 0.15) is 5.60 Å². The minimum Gasteiger partial charge on any atom is -0.411 e. The van der Waals surface area contributed by atoms with Gasteiger partial charge in [-0.25, -0.2) is 0 Å². The van der Waals surface area contributed by atoms with Crippen LogP contribution in [0.5, 0.6) is 0 Å². The van der Waals surface area contributed by atoms with Gasteiger partial charge in [0, 0.05) is 6.42 Å². The second kappa shape index (κ2) is 5.27. The molecule has 86 valence electrons. The van der Waals surface area contributed by atoms with Crippen LogP contribution < -0.4 is 0 Å². The van der Waals surface area contributed by atoms with E-state index in [1.54, 1.807) is 31.2 Å². The highest BCUT2D eigenvalue weighted by Crippen LogP contribution is 2.23. The van der Waals surface area contributed by atoms with Crippen LogP contribution in [0.1, 0.15) is 18.9 Å². The van der Waals surface area contributed by atoms with E-state index in [2.05, 4.69) is 10.3 Å². The fourth-order valence-electron chi connectivity index (χ4n) is 1.47. The Morgan fingerprint density at radius 1 is 1.31 bits per heavy atom. The van der Waals surface area contributed by atoms with Crippen molar-refractivity contribution in [1.29, 1.82) is 0 Å². The van der Waals surface area contributed by atoms with Gasteiger partial charge in [-0.15, -0.1) is 0 Å². The highest BCUT2D eigenvalue weighted by atomic mass is 16.4. The lowest BCUT2D eigenvalue weighted by atomic mass is 9.90. The summed E-state index contributed by atoms with van der Waals surface area (Å²) < 4.78 is 0. The molecule has 0 spiro atoms. The van der Waals surface area contributed by atoms with Crippen LogP contribution in [0.15, 0.2) is 40.6 Å². The topological polar surface area (TPSA) is 85.4 Å². The average molecular weight is 222 g/mol. The zero-order chi connectivity index (χ0) is 12.0. The molecule has 0 aromatic heterocycles. The van der Waals surface area contributed by atoms with Crippen LogP contribution in [0.3, 0.4) is 0 Å². The van der Waals surface area contributed by atoms with Gasteiger partial charge in [-0.2, -0.15) is 0 Å². The Kier molecular flexibility index (Phi) is 4.02. The van der Waals surface area contributed by atoms with E-state index in [4.69, 9.17) is 10.4 Å². The van der Waals surface area contributed by atoms with Gasteiger partial charge in [-0.1, -0.05) is 40.6 Å². The molecule has 1 aromatic carbocycles. The largest absolute Gasteiger partial charge is 0.411 e. The summed E-state index contributed by atoms with van der Waals surface area (Å²) in [4.78, 5) is 0. The third-order valence-corrected chi connectivity index (χ3v) is 2.24. The minimum absolute atomic E-state index is 0.0531. The molecule has 0 aliphatic rings. The Morgan fingerprint density at radius 2 is 1.94 bits per heavy atom. The lowest BCUT2D eigenvalue weighted by Gasteiger charge is -2.23. The zero-order valence-electron chi connectivity index (χ0n) is 8.91. The number of nitrogens with zero attached hydrogens (tertiary/aromatic N) is 2. The van der Waals surface area contributed by atoms with Crippen molar-refractivity contribution in [1.82, 2.24) is 0 Å². The molecule has 3 N–H and O–H groups in total. The Balaban J connectivity index is 3.07. The van der Waals surface area contributed by atoms with Crippen molar-refractivity contribution >= 4 is 11.9 Å². The third-order valence-electron chi connectivity index (χ3n) is 2.24. The van der Waals surface area contributed by atoms with Crippen LogP contribution in [-0.4, -0.2) is 27.4 Å². The highest BCUT2D eigenvalue weighted by Gasteiger charge is 2.28. The molecule has 5 nitrogen and oxygen atoms in total. The van der Waals surface area contributed by atoms with Crippen LogP contribution >= 0.6 is 0 Å². The van der Waals surface area contributed by atoms with Crippen molar-refractivity contribution < 1.29 is 15.5 Å². The molecule has 1 rings (SSSR count). The molecule has 0 unspecified atom stereocenters. The molecule has 0 saturated heterocycles. The number of rotatable bonds is 4. The van der Waals surface area contributed by atoms with Crippen LogP contribution in [0.2, 0.25) is 0 Å². The fraction of sp³-hybridized carbons (Fsp3) is 0.273. The Morgan fingerprint density at radius 3 is 2.44 bits per heavy atom. The van der Waals surface area contributed by atoms with Gasteiger partial charge in [0.15, 0.2) is 0 Å². The van der Waals surface area contributed by atoms with Crippen LogP contribution in [-0.2, 0) is 5.60 Å². The molecule has 16 heavy (non-hydrogen) atoms. The lowest BCUT2D eigenvalue weighted by molar-refractivity contribution is 0.119. The molecule has 0 radical (unpaired) electrons. The van der Waals surface area contributed by atoms with Gasteiger partial charge in [0.2, 0.25) is 0 Å². The summed E-state index contributed by atoms with van der Waals surface area (Å²) in [7, 11) is 0. The zero-order valence-corrected chi connectivity index (χ0v) is 8.91. The van der Waals surface area contributed by atoms with Gasteiger partial charge in [0.25, 0.3) is 0 Å². The van der Waals surface area contributed by atoms with E-state index >= 15 is 0 Å². The molecular weight excluding hydrogens is 208 g/mol. The summed E-state index contributed by atoms with van der Waals surface area (Å²) in [6, 6.07) is 8.74.